The van der Waals surface area contributed by atoms with E-state index < -0.39 is 0 Å². The van der Waals surface area contributed by atoms with Gasteiger partial charge in [-0.2, -0.15) is 5.10 Å². The third-order valence-corrected chi connectivity index (χ3v) is 2.81. The molecule has 0 unspecified atom stereocenters. The first-order chi connectivity index (χ1) is 8.08. The third-order valence-electron chi connectivity index (χ3n) is 2.81. The van der Waals surface area contributed by atoms with Crippen LogP contribution in [-0.2, 0) is 13.7 Å². The van der Waals surface area contributed by atoms with Gasteiger partial charge >= 0.3 is 0 Å². The minimum Gasteiger partial charge on any atom is -0.485 e. The Morgan fingerprint density at radius 2 is 1.88 bits per heavy atom. The SMILES string of the molecule is Cc1nn(C)c(C)c1OCc1ccc(N)cc1. The molecule has 1 aromatic heterocycles. The number of nitrogen functional groups attached to an aromatic ring is 1. The third kappa shape index (κ3) is 2.41. The number of nitrogens with zero attached hydrogens (tertiary/aromatic N) is 2. The number of ether oxygens (including phenoxy) is 1. The van der Waals surface area contributed by atoms with Crippen LogP contribution in [0, 0.1) is 13.8 Å². The lowest BCUT2D eigenvalue weighted by atomic mass is 10.2. The van der Waals surface area contributed by atoms with Gasteiger partial charge in [-0.15, -0.1) is 0 Å². The first-order valence-electron chi connectivity index (χ1n) is 5.55. The smallest absolute Gasteiger partial charge is 0.163 e. The van der Waals surface area contributed by atoms with Crippen LogP contribution in [0.2, 0.25) is 0 Å². The maximum atomic E-state index is 5.79. The Labute approximate surface area is 101 Å². The van der Waals surface area contributed by atoms with Gasteiger partial charge in [-0.05, 0) is 31.5 Å². The van der Waals surface area contributed by atoms with Gasteiger partial charge in [0.1, 0.15) is 12.3 Å². The van der Waals surface area contributed by atoms with Crippen molar-refractivity contribution in [1.29, 1.82) is 0 Å². The van der Waals surface area contributed by atoms with Crippen molar-refractivity contribution in [3.8, 4) is 5.75 Å². The van der Waals surface area contributed by atoms with E-state index in [4.69, 9.17) is 10.5 Å². The van der Waals surface area contributed by atoms with E-state index in [1.807, 2.05) is 49.8 Å². The van der Waals surface area contributed by atoms with Gasteiger partial charge in [-0.1, -0.05) is 12.1 Å². The fourth-order valence-corrected chi connectivity index (χ4v) is 1.73. The number of nitrogens with two attached hydrogens (primary N) is 1. The molecule has 4 nitrogen and oxygen atoms in total. The van der Waals surface area contributed by atoms with Crippen molar-refractivity contribution >= 4 is 5.69 Å². The fourth-order valence-electron chi connectivity index (χ4n) is 1.73. The zero-order valence-corrected chi connectivity index (χ0v) is 10.4. The van der Waals surface area contributed by atoms with E-state index in [2.05, 4.69) is 5.10 Å². The number of aryl methyl sites for hydroxylation is 2. The molecule has 0 saturated heterocycles. The van der Waals surface area contributed by atoms with Crippen LogP contribution >= 0.6 is 0 Å². The van der Waals surface area contributed by atoms with E-state index in [1.54, 1.807) is 0 Å². The molecule has 0 atom stereocenters. The fraction of sp³-hybridized carbons (Fsp3) is 0.308. The van der Waals surface area contributed by atoms with Gasteiger partial charge in [-0.3, -0.25) is 4.68 Å². The maximum absolute atomic E-state index is 5.79. The Hall–Kier alpha value is -1.97. The van der Waals surface area contributed by atoms with E-state index >= 15 is 0 Å². The largest absolute Gasteiger partial charge is 0.485 e. The highest BCUT2D eigenvalue weighted by atomic mass is 16.5. The lowest BCUT2D eigenvalue weighted by Crippen LogP contribution is -1.98. The Morgan fingerprint density at radius 3 is 2.41 bits per heavy atom. The van der Waals surface area contributed by atoms with Crippen molar-refractivity contribution in [1.82, 2.24) is 9.78 Å². The van der Waals surface area contributed by atoms with Crippen LogP contribution in [0.4, 0.5) is 5.69 Å². The molecule has 17 heavy (non-hydrogen) atoms. The molecular weight excluding hydrogens is 214 g/mol. The van der Waals surface area contributed by atoms with Gasteiger partial charge in [0.05, 0.1) is 5.69 Å². The molecule has 0 saturated carbocycles. The monoisotopic (exact) mass is 231 g/mol. The quantitative estimate of drug-likeness (QED) is 0.824. The molecule has 2 N–H and O–H groups in total. The molecule has 0 amide bonds. The molecule has 0 aliphatic carbocycles. The standard InChI is InChI=1S/C13H17N3O/c1-9-13(10(2)16(3)15-9)17-8-11-4-6-12(14)7-5-11/h4-7H,8,14H2,1-3H3. The highest BCUT2D eigenvalue weighted by molar-refractivity contribution is 5.39. The van der Waals surface area contributed by atoms with E-state index in [-0.39, 0.29) is 0 Å². The number of anilines is 1. The summed E-state index contributed by atoms with van der Waals surface area (Å²) in [7, 11) is 1.92. The molecule has 0 spiro atoms. The second-order valence-electron chi connectivity index (χ2n) is 4.15. The predicted octanol–water partition coefficient (Wildman–Crippen LogP) is 2.20. The minimum atomic E-state index is 0.535. The molecule has 4 heteroatoms. The molecule has 2 aromatic rings. The summed E-state index contributed by atoms with van der Waals surface area (Å²) in [6.07, 6.45) is 0. The second-order valence-corrected chi connectivity index (χ2v) is 4.15. The van der Waals surface area contributed by atoms with Gasteiger partial charge < -0.3 is 10.5 Å². The topological polar surface area (TPSA) is 53.1 Å². The number of rotatable bonds is 3. The normalized spacial score (nSPS) is 10.5. The number of hydrogen-bond donors (Lipinski definition) is 1. The molecular formula is C13H17N3O. The second kappa shape index (κ2) is 4.49. The predicted molar refractivity (Wildman–Crippen MR) is 67.9 cm³/mol. The zero-order chi connectivity index (χ0) is 12.4. The molecule has 2 rings (SSSR count). The van der Waals surface area contributed by atoms with Crippen LogP contribution in [0.5, 0.6) is 5.75 Å². The summed E-state index contributed by atoms with van der Waals surface area (Å²) < 4.78 is 7.62. The van der Waals surface area contributed by atoms with E-state index in [0.29, 0.717) is 6.61 Å². The summed E-state index contributed by atoms with van der Waals surface area (Å²) in [5, 5.41) is 4.31. The summed E-state index contributed by atoms with van der Waals surface area (Å²) in [4.78, 5) is 0. The van der Waals surface area contributed by atoms with E-state index in [9.17, 15) is 0 Å². The summed E-state index contributed by atoms with van der Waals surface area (Å²) in [6, 6.07) is 7.69. The van der Waals surface area contributed by atoms with Crippen molar-refractivity contribution in [2.45, 2.75) is 20.5 Å². The first kappa shape index (κ1) is 11.5. The van der Waals surface area contributed by atoms with Crippen molar-refractivity contribution in [3.63, 3.8) is 0 Å². The van der Waals surface area contributed by atoms with Gasteiger partial charge in [0, 0.05) is 12.7 Å². The lowest BCUT2D eigenvalue weighted by Gasteiger charge is -2.06. The molecule has 0 aliphatic heterocycles. The first-order valence-corrected chi connectivity index (χ1v) is 5.55. The Balaban J connectivity index is 2.09. The zero-order valence-electron chi connectivity index (χ0n) is 10.4. The summed E-state index contributed by atoms with van der Waals surface area (Å²) in [5.41, 5.74) is 9.45. The average Bonchev–Trinajstić information content (AvgIpc) is 2.54. The highest BCUT2D eigenvalue weighted by Crippen LogP contribution is 2.22. The Kier molecular flexibility index (Phi) is 3.04. The molecule has 1 heterocycles. The average molecular weight is 231 g/mol. The van der Waals surface area contributed by atoms with Crippen LogP contribution in [0.15, 0.2) is 24.3 Å². The van der Waals surface area contributed by atoms with Crippen LogP contribution in [0.1, 0.15) is 17.0 Å². The lowest BCUT2D eigenvalue weighted by molar-refractivity contribution is 0.301. The summed E-state index contributed by atoms with van der Waals surface area (Å²) >= 11 is 0. The van der Waals surface area contributed by atoms with Crippen LogP contribution in [0.3, 0.4) is 0 Å². The number of benzene rings is 1. The van der Waals surface area contributed by atoms with E-state index in [0.717, 1.165) is 28.4 Å². The highest BCUT2D eigenvalue weighted by Gasteiger charge is 2.10. The maximum Gasteiger partial charge on any atom is 0.163 e. The van der Waals surface area contributed by atoms with Crippen molar-refractivity contribution in [2.75, 3.05) is 5.73 Å². The molecule has 0 aliphatic rings. The molecule has 0 radical (unpaired) electrons. The van der Waals surface area contributed by atoms with Crippen LogP contribution in [-0.4, -0.2) is 9.78 Å². The van der Waals surface area contributed by atoms with Crippen LogP contribution < -0.4 is 10.5 Å². The van der Waals surface area contributed by atoms with Gasteiger partial charge in [0.2, 0.25) is 0 Å². The minimum absolute atomic E-state index is 0.535. The van der Waals surface area contributed by atoms with Crippen molar-refractivity contribution in [3.05, 3.63) is 41.2 Å². The molecule has 0 bridgehead atoms. The molecule has 90 valence electrons. The number of aromatic nitrogens is 2. The van der Waals surface area contributed by atoms with E-state index in [1.165, 1.54) is 0 Å². The Bertz CT molecular complexity index is 514. The van der Waals surface area contributed by atoms with Crippen molar-refractivity contribution < 1.29 is 4.74 Å². The molecule has 1 aromatic carbocycles. The van der Waals surface area contributed by atoms with Gasteiger partial charge in [-0.25, -0.2) is 0 Å². The molecule has 0 fully saturated rings. The van der Waals surface area contributed by atoms with Gasteiger partial charge in [0.15, 0.2) is 5.75 Å². The number of hydrogen-bond acceptors (Lipinski definition) is 3. The van der Waals surface area contributed by atoms with Crippen molar-refractivity contribution in [2.24, 2.45) is 7.05 Å². The Morgan fingerprint density at radius 1 is 1.24 bits per heavy atom. The summed E-state index contributed by atoms with van der Waals surface area (Å²) in [5.74, 6) is 0.865. The van der Waals surface area contributed by atoms with Crippen LogP contribution in [0.25, 0.3) is 0 Å². The van der Waals surface area contributed by atoms with Gasteiger partial charge in [0.25, 0.3) is 0 Å². The summed E-state index contributed by atoms with van der Waals surface area (Å²) in [6.45, 7) is 4.48.